The third kappa shape index (κ3) is 2.74. The molecule has 0 N–H and O–H groups in total. The van der Waals surface area contributed by atoms with E-state index in [0.29, 0.717) is 0 Å². The lowest BCUT2D eigenvalue weighted by atomic mass is 10.1. The van der Waals surface area contributed by atoms with Gasteiger partial charge in [0.05, 0.1) is 0 Å². The Morgan fingerprint density at radius 1 is 1.31 bits per heavy atom. The minimum Gasteiger partial charge on any atom is -0.298 e. The molecular formula is C11H12OS. The zero-order valence-electron chi connectivity index (χ0n) is 7.78. The van der Waals surface area contributed by atoms with Crippen molar-refractivity contribution < 1.29 is 4.79 Å². The molecule has 0 bridgehead atoms. The molecule has 2 heteroatoms. The summed E-state index contributed by atoms with van der Waals surface area (Å²) in [7, 11) is 0. The van der Waals surface area contributed by atoms with Crippen molar-refractivity contribution in [3.63, 3.8) is 0 Å². The number of aldehydes is 1. The Bertz CT molecular complexity index is 311. The molecule has 0 atom stereocenters. The van der Waals surface area contributed by atoms with E-state index in [0.717, 1.165) is 17.4 Å². The molecule has 0 aliphatic carbocycles. The highest BCUT2D eigenvalue weighted by atomic mass is 32.2. The number of benzene rings is 1. The summed E-state index contributed by atoms with van der Waals surface area (Å²) in [5.41, 5.74) is 2.93. The van der Waals surface area contributed by atoms with Gasteiger partial charge in [-0.3, -0.25) is 4.79 Å². The SMILES string of the molecule is CSC=C(C=O)c1ccc(C)cc1. The minimum atomic E-state index is 0.743. The zero-order valence-corrected chi connectivity index (χ0v) is 8.60. The van der Waals surface area contributed by atoms with Gasteiger partial charge >= 0.3 is 0 Å². The van der Waals surface area contributed by atoms with E-state index in [1.54, 1.807) is 11.8 Å². The van der Waals surface area contributed by atoms with E-state index in [1.807, 2.05) is 42.9 Å². The first-order valence-electron chi connectivity index (χ1n) is 4.03. The van der Waals surface area contributed by atoms with Crippen LogP contribution in [0.25, 0.3) is 5.57 Å². The highest BCUT2D eigenvalue weighted by Crippen LogP contribution is 2.15. The van der Waals surface area contributed by atoms with Gasteiger partial charge in [0.1, 0.15) is 0 Å². The second-order valence-corrected chi connectivity index (χ2v) is 3.50. The highest BCUT2D eigenvalue weighted by Gasteiger charge is 1.97. The Kier molecular flexibility index (Phi) is 3.77. The summed E-state index contributed by atoms with van der Waals surface area (Å²) in [6.07, 6.45) is 2.83. The summed E-state index contributed by atoms with van der Waals surface area (Å²) >= 11 is 1.54. The number of allylic oxidation sites excluding steroid dienone is 1. The largest absolute Gasteiger partial charge is 0.298 e. The van der Waals surface area contributed by atoms with E-state index < -0.39 is 0 Å². The fourth-order valence-corrected chi connectivity index (χ4v) is 1.48. The van der Waals surface area contributed by atoms with E-state index >= 15 is 0 Å². The van der Waals surface area contributed by atoms with Crippen LogP contribution in [0.3, 0.4) is 0 Å². The Morgan fingerprint density at radius 3 is 2.38 bits per heavy atom. The molecule has 68 valence electrons. The molecule has 1 rings (SSSR count). The number of rotatable bonds is 3. The van der Waals surface area contributed by atoms with Crippen molar-refractivity contribution in [2.45, 2.75) is 6.92 Å². The molecule has 0 aromatic heterocycles. The molecule has 0 saturated heterocycles. The summed E-state index contributed by atoms with van der Waals surface area (Å²) in [5, 5.41) is 1.86. The van der Waals surface area contributed by atoms with E-state index in [9.17, 15) is 4.79 Å². The van der Waals surface area contributed by atoms with Crippen LogP contribution in [0.5, 0.6) is 0 Å². The molecule has 0 aliphatic heterocycles. The molecule has 0 radical (unpaired) electrons. The first-order valence-corrected chi connectivity index (χ1v) is 5.32. The molecule has 0 amide bonds. The molecule has 0 unspecified atom stereocenters. The molecule has 0 spiro atoms. The Hall–Kier alpha value is -1.02. The van der Waals surface area contributed by atoms with Gasteiger partial charge in [0.25, 0.3) is 0 Å². The molecule has 0 aliphatic rings. The lowest BCUT2D eigenvalue weighted by molar-refractivity contribution is -0.103. The minimum absolute atomic E-state index is 0.743. The van der Waals surface area contributed by atoms with Crippen LogP contribution in [-0.2, 0) is 4.79 Å². The van der Waals surface area contributed by atoms with Crippen molar-refractivity contribution in [2.24, 2.45) is 0 Å². The predicted molar refractivity (Wildman–Crippen MR) is 58.7 cm³/mol. The molecular weight excluding hydrogens is 180 g/mol. The predicted octanol–water partition coefficient (Wildman–Crippen LogP) is 2.90. The number of thioether (sulfide) groups is 1. The molecule has 1 aromatic rings. The fourth-order valence-electron chi connectivity index (χ4n) is 1.04. The second-order valence-electron chi connectivity index (χ2n) is 2.79. The average molecular weight is 192 g/mol. The molecule has 0 saturated carbocycles. The van der Waals surface area contributed by atoms with Crippen LogP contribution in [0.1, 0.15) is 11.1 Å². The van der Waals surface area contributed by atoms with Gasteiger partial charge in [0.15, 0.2) is 6.29 Å². The molecule has 1 aromatic carbocycles. The van der Waals surface area contributed by atoms with Crippen LogP contribution in [-0.4, -0.2) is 12.5 Å². The Morgan fingerprint density at radius 2 is 1.92 bits per heavy atom. The van der Waals surface area contributed by atoms with Crippen LogP contribution >= 0.6 is 11.8 Å². The molecule has 1 nitrogen and oxygen atoms in total. The van der Waals surface area contributed by atoms with Gasteiger partial charge in [-0.05, 0) is 24.2 Å². The molecule has 0 fully saturated rings. The first-order chi connectivity index (χ1) is 6.27. The van der Waals surface area contributed by atoms with Crippen molar-refractivity contribution in [3.05, 3.63) is 40.8 Å². The van der Waals surface area contributed by atoms with E-state index in [1.165, 1.54) is 5.56 Å². The molecule has 13 heavy (non-hydrogen) atoms. The van der Waals surface area contributed by atoms with Crippen molar-refractivity contribution in [1.82, 2.24) is 0 Å². The van der Waals surface area contributed by atoms with Crippen LogP contribution in [0, 0.1) is 6.92 Å². The third-order valence-corrected chi connectivity index (χ3v) is 2.25. The van der Waals surface area contributed by atoms with E-state index in [-0.39, 0.29) is 0 Å². The van der Waals surface area contributed by atoms with Gasteiger partial charge in [-0.25, -0.2) is 0 Å². The zero-order chi connectivity index (χ0) is 9.68. The van der Waals surface area contributed by atoms with E-state index in [2.05, 4.69) is 0 Å². The maximum Gasteiger partial charge on any atom is 0.151 e. The quantitative estimate of drug-likeness (QED) is 0.541. The summed E-state index contributed by atoms with van der Waals surface area (Å²) in [4.78, 5) is 10.7. The smallest absolute Gasteiger partial charge is 0.151 e. The van der Waals surface area contributed by atoms with Gasteiger partial charge in [-0.2, -0.15) is 0 Å². The summed E-state index contributed by atoms with van der Waals surface area (Å²) in [5.74, 6) is 0. The van der Waals surface area contributed by atoms with Gasteiger partial charge in [0.2, 0.25) is 0 Å². The second kappa shape index (κ2) is 4.87. The van der Waals surface area contributed by atoms with Crippen molar-refractivity contribution >= 4 is 23.6 Å². The lowest BCUT2D eigenvalue weighted by Crippen LogP contribution is -1.84. The standard InChI is InChI=1S/C11H12OS/c1-9-3-5-10(6-4-9)11(7-12)8-13-2/h3-8H,1-2H3. The lowest BCUT2D eigenvalue weighted by Gasteiger charge is -1.99. The number of hydrogen-bond acceptors (Lipinski definition) is 2. The number of carbonyl (C=O) groups is 1. The Balaban J connectivity index is 2.99. The summed E-state index contributed by atoms with van der Waals surface area (Å²) < 4.78 is 0. The van der Waals surface area contributed by atoms with Crippen molar-refractivity contribution in [2.75, 3.05) is 6.26 Å². The van der Waals surface area contributed by atoms with Crippen molar-refractivity contribution in [1.29, 1.82) is 0 Å². The number of aryl methyl sites for hydroxylation is 1. The number of carbonyl (C=O) groups excluding carboxylic acids is 1. The van der Waals surface area contributed by atoms with Gasteiger partial charge in [-0.15, -0.1) is 11.8 Å². The normalized spacial score (nSPS) is 11.4. The fraction of sp³-hybridized carbons (Fsp3) is 0.182. The van der Waals surface area contributed by atoms with Crippen LogP contribution in [0.4, 0.5) is 0 Å². The topological polar surface area (TPSA) is 17.1 Å². The highest BCUT2D eigenvalue weighted by molar-refractivity contribution is 8.01. The Labute approximate surface area is 82.9 Å². The van der Waals surface area contributed by atoms with Crippen LogP contribution < -0.4 is 0 Å². The van der Waals surface area contributed by atoms with Crippen LogP contribution in [0.15, 0.2) is 29.7 Å². The molecule has 0 heterocycles. The first kappa shape index (κ1) is 10.1. The third-order valence-electron chi connectivity index (χ3n) is 1.76. The summed E-state index contributed by atoms with van der Waals surface area (Å²) in [6, 6.07) is 7.94. The van der Waals surface area contributed by atoms with E-state index in [4.69, 9.17) is 0 Å². The van der Waals surface area contributed by atoms with Crippen LogP contribution in [0.2, 0.25) is 0 Å². The average Bonchev–Trinajstić information content (AvgIpc) is 2.16. The monoisotopic (exact) mass is 192 g/mol. The van der Waals surface area contributed by atoms with Gasteiger partial charge in [-0.1, -0.05) is 29.8 Å². The maximum absolute atomic E-state index is 10.7. The van der Waals surface area contributed by atoms with Gasteiger partial charge in [0, 0.05) is 5.57 Å². The van der Waals surface area contributed by atoms with Crippen molar-refractivity contribution in [3.8, 4) is 0 Å². The maximum atomic E-state index is 10.7. The number of hydrogen-bond donors (Lipinski definition) is 0. The van der Waals surface area contributed by atoms with Gasteiger partial charge < -0.3 is 0 Å². The summed E-state index contributed by atoms with van der Waals surface area (Å²) in [6.45, 7) is 2.03.